The second kappa shape index (κ2) is 4.18. The molecule has 0 radical (unpaired) electrons. The first kappa shape index (κ1) is 12.9. The van der Waals surface area contributed by atoms with Crippen molar-refractivity contribution in [1.82, 2.24) is 5.48 Å². The van der Waals surface area contributed by atoms with Crippen molar-refractivity contribution in [3.05, 3.63) is 35.6 Å². The lowest BCUT2D eigenvalue weighted by molar-refractivity contribution is -0.0554. The Hall–Kier alpha value is -1.14. The molecule has 0 aromatic heterocycles. The molecule has 3 atom stereocenters. The topological polar surface area (TPSA) is 21.3 Å². The highest BCUT2D eigenvalue weighted by Crippen LogP contribution is 2.52. The molecule has 0 spiro atoms. The van der Waals surface area contributed by atoms with Crippen LogP contribution in [0.15, 0.2) is 24.3 Å². The predicted molar refractivity (Wildman–Crippen MR) is 59.7 cm³/mol. The largest absolute Gasteiger partial charge is 0.297 e. The van der Waals surface area contributed by atoms with E-state index in [1.165, 1.54) is 18.2 Å². The number of hydrogen-bond acceptors (Lipinski definition) is 2. The third kappa shape index (κ3) is 1.85. The fourth-order valence-electron chi connectivity index (χ4n) is 3.12. The van der Waals surface area contributed by atoms with Crippen molar-refractivity contribution in [3.63, 3.8) is 0 Å². The monoisotopic (exact) mass is 275 g/mol. The van der Waals surface area contributed by atoms with Crippen LogP contribution in [0.25, 0.3) is 0 Å². The summed E-state index contributed by atoms with van der Waals surface area (Å²) in [5.41, 5.74) is 0.995. The van der Waals surface area contributed by atoms with E-state index in [1.807, 2.05) is 0 Å². The summed E-state index contributed by atoms with van der Waals surface area (Å²) >= 11 is 0. The maximum absolute atomic E-state index is 13.9. The van der Waals surface area contributed by atoms with Crippen molar-refractivity contribution in [2.75, 3.05) is 6.67 Å². The number of alkyl halides is 3. The number of hydroxylamine groups is 1. The number of halogens is 4. The van der Waals surface area contributed by atoms with Crippen LogP contribution in [0.2, 0.25) is 0 Å². The fraction of sp³-hybridized carbons (Fsp3) is 0.538. The number of fused-ring (bicyclic) bond motifs is 1. The Morgan fingerprint density at radius 3 is 2.68 bits per heavy atom. The number of benzene rings is 1. The van der Waals surface area contributed by atoms with Gasteiger partial charge in [-0.05, 0) is 6.07 Å². The molecule has 0 bridgehead atoms. The molecular weight excluding hydrogens is 262 g/mol. The van der Waals surface area contributed by atoms with E-state index in [-0.39, 0.29) is 5.56 Å². The highest BCUT2D eigenvalue weighted by molar-refractivity contribution is 5.30. The maximum Gasteiger partial charge on any atom is 0.251 e. The molecule has 2 nitrogen and oxygen atoms in total. The van der Waals surface area contributed by atoms with Crippen LogP contribution >= 0.6 is 0 Å². The average molecular weight is 275 g/mol. The zero-order chi connectivity index (χ0) is 13.7. The molecule has 3 rings (SSSR count). The minimum absolute atomic E-state index is 0.0442. The quantitative estimate of drug-likeness (QED) is 0.838. The summed E-state index contributed by atoms with van der Waals surface area (Å²) in [5.74, 6) is -4.28. The second-order valence-corrected chi connectivity index (χ2v) is 5.21. The van der Waals surface area contributed by atoms with Gasteiger partial charge in [0, 0.05) is 24.3 Å². The van der Waals surface area contributed by atoms with E-state index in [0.717, 1.165) is 0 Å². The third-order valence-corrected chi connectivity index (χ3v) is 4.06. The van der Waals surface area contributed by atoms with E-state index in [4.69, 9.17) is 4.84 Å². The van der Waals surface area contributed by atoms with E-state index in [9.17, 15) is 17.6 Å². The minimum Gasteiger partial charge on any atom is -0.297 e. The van der Waals surface area contributed by atoms with Crippen LogP contribution in [0.5, 0.6) is 0 Å². The van der Waals surface area contributed by atoms with Gasteiger partial charge < -0.3 is 0 Å². The van der Waals surface area contributed by atoms with Gasteiger partial charge >= 0.3 is 0 Å². The van der Waals surface area contributed by atoms with Crippen LogP contribution in [0.3, 0.4) is 0 Å². The van der Waals surface area contributed by atoms with Gasteiger partial charge in [-0.2, -0.15) is 5.48 Å². The lowest BCUT2D eigenvalue weighted by atomic mass is 9.78. The van der Waals surface area contributed by atoms with E-state index >= 15 is 0 Å². The van der Waals surface area contributed by atoms with Crippen molar-refractivity contribution in [3.8, 4) is 0 Å². The molecule has 1 saturated carbocycles. The first-order chi connectivity index (χ1) is 8.98. The zero-order valence-corrected chi connectivity index (χ0v) is 10.0. The van der Waals surface area contributed by atoms with Crippen molar-refractivity contribution in [2.45, 2.75) is 30.4 Å². The molecule has 6 heteroatoms. The Bertz CT molecular complexity index is 495. The summed E-state index contributed by atoms with van der Waals surface area (Å²) in [6.45, 7) is -0.995. The Morgan fingerprint density at radius 1 is 1.26 bits per heavy atom. The molecule has 19 heavy (non-hydrogen) atoms. The summed E-state index contributed by atoms with van der Waals surface area (Å²) < 4.78 is 54.3. The first-order valence-electron chi connectivity index (χ1n) is 6.10. The molecule has 2 fully saturated rings. The van der Waals surface area contributed by atoms with Gasteiger partial charge in [0.15, 0.2) is 0 Å². The number of rotatable bonds is 2. The molecule has 1 aromatic carbocycles. The Kier molecular flexibility index (Phi) is 2.83. The predicted octanol–water partition coefficient (Wildman–Crippen LogP) is 2.94. The van der Waals surface area contributed by atoms with Crippen molar-refractivity contribution in [1.29, 1.82) is 0 Å². The van der Waals surface area contributed by atoms with Gasteiger partial charge in [0.05, 0.1) is 6.10 Å². The van der Waals surface area contributed by atoms with Gasteiger partial charge in [-0.25, -0.2) is 17.6 Å². The SMILES string of the molecule is FCC1(c2ccccc2F)NO[C@@H]2CC(F)(F)C[C@@H]21. The molecule has 0 amide bonds. The molecule has 104 valence electrons. The molecule has 1 heterocycles. The second-order valence-electron chi connectivity index (χ2n) is 5.21. The minimum atomic E-state index is -2.89. The van der Waals surface area contributed by atoms with Gasteiger partial charge in [-0.15, -0.1) is 0 Å². The molecule has 1 aromatic rings. The van der Waals surface area contributed by atoms with Gasteiger partial charge in [0.25, 0.3) is 5.92 Å². The van der Waals surface area contributed by atoms with E-state index in [1.54, 1.807) is 6.07 Å². The molecular formula is C13H13F4NO. The molecule has 1 unspecified atom stereocenters. The lowest BCUT2D eigenvalue weighted by Crippen LogP contribution is -2.45. The highest BCUT2D eigenvalue weighted by atomic mass is 19.3. The van der Waals surface area contributed by atoms with Crippen molar-refractivity contribution >= 4 is 0 Å². The Balaban J connectivity index is 2.04. The molecule has 2 aliphatic rings. The smallest absolute Gasteiger partial charge is 0.251 e. The standard InChI is InChI=1S/C13H13F4NO/c14-7-13(8-3-1-2-4-10(8)15)9-5-12(16,17)6-11(9)19-18-13/h1-4,9,11,18H,5-7H2/t9-,11+,13?/m0/s1. The summed E-state index contributed by atoms with van der Waals surface area (Å²) in [7, 11) is 0. The normalized spacial score (nSPS) is 36.4. The number of hydrogen-bond donors (Lipinski definition) is 1. The van der Waals surface area contributed by atoms with Crippen molar-refractivity contribution < 1.29 is 22.4 Å². The van der Waals surface area contributed by atoms with Gasteiger partial charge in [-0.3, -0.25) is 4.84 Å². The fourth-order valence-corrected chi connectivity index (χ4v) is 3.12. The van der Waals surface area contributed by atoms with E-state index in [0.29, 0.717) is 0 Å². The van der Waals surface area contributed by atoms with Crippen LogP contribution in [0, 0.1) is 11.7 Å². The molecule has 1 saturated heterocycles. The summed E-state index contributed by atoms with van der Waals surface area (Å²) in [6, 6.07) is 5.62. The Labute approximate surface area is 107 Å². The summed E-state index contributed by atoms with van der Waals surface area (Å²) in [5, 5.41) is 0. The Morgan fingerprint density at radius 2 is 2.00 bits per heavy atom. The van der Waals surface area contributed by atoms with Gasteiger partial charge in [-0.1, -0.05) is 18.2 Å². The van der Waals surface area contributed by atoms with Gasteiger partial charge in [0.1, 0.15) is 18.0 Å². The van der Waals surface area contributed by atoms with Crippen molar-refractivity contribution in [2.24, 2.45) is 5.92 Å². The van der Waals surface area contributed by atoms with Crippen LogP contribution < -0.4 is 5.48 Å². The molecule has 1 aliphatic carbocycles. The van der Waals surface area contributed by atoms with Crippen LogP contribution in [0.1, 0.15) is 18.4 Å². The van der Waals surface area contributed by atoms with Crippen LogP contribution in [0.4, 0.5) is 17.6 Å². The zero-order valence-electron chi connectivity index (χ0n) is 10.0. The van der Waals surface area contributed by atoms with Crippen LogP contribution in [-0.4, -0.2) is 18.7 Å². The third-order valence-electron chi connectivity index (χ3n) is 4.06. The summed E-state index contributed by atoms with van der Waals surface area (Å²) in [6.07, 6.45) is -1.74. The van der Waals surface area contributed by atoms with E-state index in [2.05, 4.69) is 5.48 Å². The van der Waals surface area contributed by atoms with Crippen LogP contribution in [-0.2, 0) is 10.4 Å². The van der Waals surface area contributed by atoms with Gasteiger partial charge in [0.2, 0.25) is 0 Å². The maximum atomic E-state index is 13.9. The van der Waals surface area contributed by atoms with E-state index < -0.39 is 48.8 Å². The molecule has 1 N–H and O–H groups in total. The number of nitrogens with one attached hydrogen (secondary N) is 1. The molecule has 1 aliphatic heterocycles. The average Bonchev–Trinajstić information content (AvgIpc) is 2.84. The lowest BCUT2D eigenvalue weighted by Gasteiger charge is -2.31. The highest BCUT2D eigenvalue weighted by Gasteiger charge is 2.61. The first-order valence-corrected chi connectivity index (χ1v) is 6.10. The summed E-state index contributed by atoms with van der Waals surface area (Å²) in [4.78, 5) is 5.09.